The number of nitrogens with one attached hydrogen (secondary N) is 1. The van der Waals surface area contributed by atoms with Crippen LogP contribution in [-0.2, 0) is 16.0 Å². The fraction of sp³-hybridized carbons (Fsp3) is 0.333. The summed E-state index contributed by atoms with van der Waals surface area (Å²) in [6.45, 7) is -1.76. The maximum atomic E-state index is 11.8. The van der Waals surface area contributed by atoms with Crippen molar-refractivity contribution in [2.45, 2.75) is 18.6 Å². The van der Waals surface area contributed by atoms with Crippen LogP contribution >= 0.6 is 0 Å². The molecule has 20 heavy (non-hydrogen) atoms. The third-order valence-electron chi connectivity index (χ3n) is 2.23. The van der Waals surface area contributed by atoms with Crippen molar-refractivity contribution in [2.24, 2.45) is 5.73 Å². The number of nitrogens with two attached hydrogens (primary N) is 1. The lowest BCUT2D eigenvalue weighted by Gasteiger charge is -2.12. The first kappa shape index (κ1) is 16.0. The van der Waals surface area contributed by atoms with Gasteiger partial charge in [-0.1, -0.05) is 30.3 Å². The van der Waals surface area contributed by atoms with Crippen molar-refractivity contribution in [3.63, 3.8) is 0 Å². The summed E-state index contributed by atoms with van der Waals surface area (Å²) < 4.78 is 39.2. The molecule has 1 atom stereocenters. The molecule has 0 heterocycles. The van der Waals surface area contributed by atoms with Gasteiger partial charge in [0.1, 0.15) is 0 Å². The lowest BCUT2D eigenvalue weighted by atomic mass is 10.1. The highest BCUT2D eigenvalue weighted by molar-refractivity contribution is 5.94. The molecule has 3 N–H and O–H groups in total. The SMILES string of the molecule is N[C@@H](Cc1ccccc1)C(=O)NC(=O)OCC(F)(F)F. The molecule has 0 aliphatic rings. The second-order valence-corrected chi connectivity index (χ2v) is 3.98. The van der Waals surface area contributed by atoms with Gasteiger partial charge in [0.25, 0.3) is 0 Å². The number of hydrogen-bond donors (Lipinski definition) is 2. The molecule has 0 aliphatic heterocycles. The Bertz CT molecular complexity index is 463. The van der Waals surface area contributed by atoms with Crippen molar-refractivity contribution in [1.82, 2.24) is 5.32 Å². The van der Waals surface area contributed by atoms with E-state index in [4.69, 9.17) is 5.73 Å². The quantitative estimate of drug-likeness (QED) is 0.877. The fourth-order valence-corrected chi connectivity index (χ4v) is 1.34. The smallest absolute Gasteiger partial charge is 0.422 e. The fourth-order valence-electron chi connectivity index (χ4n) is 1.34. The summed E-state index contributed by atoms with van der Waals surface area (Å²) >= 11 is 0. The molecular weight excluding hydrogens is 277 g/mol. The van der Waals surface area contributed by atoms with Crippen LogP contribution in [0.1, 0.15) is 5.56 Å². The Labute approximate surface area is 112 Å². The molecule has 1 rings (SSSR count). The van der Waals surface area contributed by atoms with Gasteiger partial charge in [-0.05, 0) is 12.0 Å². The molecule has 1 aromatic rings. The number of imide groups is 1. The van der Waals surface area contributed by atoms with Gasteiger partial charge in [0.2, 0.25) is 5.91 Å². The molecule has 0 unspecified atom stereocenters. The number of alkyl halides is 3. The van der Waals surface area contributed by atoms with Gasteiger partial charge in [-0.25, -0.2) is 4.79 Å². The first-order valence-corrected chi connectivity index (χ1v) is 5.62. The van der Waals surface area contributed by atoms with E-state index in [-0.39, 0.29) is 6.42 Å². The van der Waals surface area contributed by atoms with Crippen molar-refractivity contribution in [2.75, 3.05) is 6.61 Å². The van der Waals surface area contributed by atoms with Crippen LogP contribution in [0, 0.1) is 0 Å². The van der Waals surface area contributed by atoms with Crippen molar-refractivity contribution in [3.8, 4) is 0 Å². The predicted octanol–water partition coefficient (Wildman–Crippen LogP) is 1.37. The van der Waals surface area contributed by atoms with E-state index >= 15 is 0 Å². The number of hydrogen-bond acceptors (Lipinski definition) is 4. The van der Waals surface area contributed by atoms with Crippen LogP contribution in [0.5, 0.6) is 0 Å². The van der Waals surface area contributed by atoms with E-state index in [1.165, 1.54) is 0 Å². The van der Waals surface area contributed by atoms with E-state index in [0.29, 0.717) is 0 Å². The molecule has 0 saturated heterocycles. The Morgan fingerprint density at radius 2 is 1.85 bits per heavy atom. The Kier molecular flexibility index (Phi) is 5.51. The third-order valence-corrected chi connectivity index (χ3v) is 2.23. The van der Waals surface area contributed by atoms with Gasteiger partial charge in [0.05, 0.1) is 6.04 Å². The van der Waals surface area contributed by atoms with Crippen molar-refractivity contribution in [3.05, 3.63) is 35.9 Å². The summed E-state index contributed by atoms with van der Waals surface area (Å²) in [5.74, 6) is -0.902. The minimum atomic E-state index is -4.65. The highest BCUT2D eigenvalue weighted by atomic mass is 19.4. The Morgan fingerprint density at radius 3 is 2.40 bits per heavy atom. The van der Waals surface area contributed by atoms with E-state index < -0.39 is 30.8 Å². The van der Waals surface area contributed by atoms with Crippen molar-refractivity contribution >= 4 is 12.0 Å². The van der Waals surface area contributed by atoms with Crippen LogP contribution in [0.4, 0.5) is 18.0 Å². The Balaban J connectivity index is 2.40. The minimum absolute atomic E-state index is 0.152. The van der Waals surface area contributed by atoms with E-state index in [1.807, 2.05) is 0 Å². The topological polar surface area (TPSA) is 81.4 Å². The monoisotopic (exact) mass is 290 g/mol. The van der Waals surface area contributed by atoms with Crippen molar-refractivity contribution in [1.29, 1.82) is 0 Å². The van der Waals surface area contributed by atoms with Gasteiger partial charge in [-0.3, -0.25) is 10.1 Å². The molecule has 0 aromatic heterocycles. The van der Waals surface area contributed by atoms with Gasteiger partial charge < -0.3 is 10.5 Å². The van der Waals surface area contributed by atoms with Crippen LogP contribution in [0.3, 0.4) is 0 Å². The molecule has 0 radical (unpaired) electrons. The molecule has 5 nitrogen and oxygen atoms in total. The molecule has 0 spiro atoms. The summed E-state index contributed by atoms with van der Waals surface area (Å²) in [7, 11) is 0. The summed E-state index contributed by atoms with van der Waals surface area (Å²) in [5, 5.41) is 1.65. The van der Waals surface area contributed by atoms with Gasteiger partial charge in [0.15, 0.2) is 6.61 Å². The van der Waals surface area contributed by atoms with E-state index in [1.54, 1.807) is 35.6 Å². The zero-order valence-electron chi connectivity index (χ0n) is 10.3. The van der Waals surface area contributed by atoms with Crippen LogP contribution in [-0.4, -0.2) is 30.8 Å². The molecule has 0 saturated carbocycles. The van der Waals surface area contributed by atoms with Crippen LogP contribution < -0.4 is 11.1 Å². The molecule has 0 bridgehead atoms. The summed E-state index contributed by atoms with van der Waals surface area (Å²) in [6.07, 6.45) is -5.97. The molecule has 2 amide bonds. The number of carbonyl (C=O) groups excluding carboxylic acids is 2. The minimum Gasteiger partial charge on any atom is -0.440 e. The van der Waals surface area contributed by atoms with E-state index in [0.717, 1.165) is 5.56 Å². The third kappa shape index (κ3) is 6.19. The van der Waals surface area contributed by atoms with Gasteiger partial charge in [-0.15, -0.1) is 0 Å². The average molecular weight is 290 g/mol. The van der Waals surface area contributed by atoms with Crippen molar-refractivity contribution < 1.29 is 27.5 Å². The highest BCUT2D eigenvalue weighted by Crippen LogP contribution is 2.14. The maximum absolute atomic E-state index is 11.8. The van der Waals surface area contributed by atoms with Gasteiger partial charge in [-0.2, -0.15) is 13.2 Å². The number of carbonyl (C=O) groups is 2. The van der Waals surface area contributed by atoms with Crippen LogP contribution in [0.15, 0.2) is 30.3 Å². The Morgan fingerprint density at radius 1 is 1.25 bits per heavy atom. The zero-order chi connectivity index (χ0) is 15.2. The van der Waals surface area contributed by atoms with Gasteiger partial charge in [0, 0.05) is 0 Å². The van der Waals surface area contributed by atoms with Gasteiger partial charge >= 0.3 is 12.3 Å². The largest absolute Gasteiger partial charge is 0.440 e. The second-order valence-electron chi connectivity index (χ2n) is 3.98. The standard InChI is InChI=1S/C12H13F3N2O3/c13-12(14,15)7-20-11(19)17-10(18)9(16)6-8-4-2-1-3-5-8/h1-5,9H,6-7,16H2,(H,17,18,19)/t9-/m0/s1. The summed E-state index contributed by atoms with van der Waals surface area (Å²) in [6, 6.07) is 7.68. The molecule has 8 heteroatoms. The number of alkyl carbamates (subject to hydrolysis) is 1. The first-order chi connectivity index (χ1) is 9.28. The number of amides is 2. The van der Waals surface area contributed by atoms with Crippen LogP contribution in [0.25, 0.3) is 0 Å². The predicted molar refractivity (Wildman–Crippen MR) is 63.7 cm³/mol. The second kappa shape index (κ2) is 6.90. The normalized spacial score (nSPS) is 12.6. The molecule has 110 valence electrons. The van der Waals surface area contributed by atoms with E-state index in [2.05, 4.69) is 4.74 Å². The number of ether oxygens (including phenoxy) is 1. The average Bonchev–Trinajstić information content (AvgIpc) is 2.36. The lowest BCUT2D eigenvalue weighted by Crippen LogP contribution is -2.45. The summed E-state index contributed by atoms with van der Waals surface area (Å²) in [5.41, 5.74) is 6.30. The maximum Gasteiger partial charge on any atom is 0.422 e. The highest BCUT2D eigenvalue weighted by Gasteiger charge is 2.30. The van der Waals surface area contributed by atoms with Crippen LogP contribution in [0.2, 0.25) is 0 Å². The van der Waals surface area contributed by atoms with E-state index in [9.17, 15) is 22.8 Å². The number of rotatable bonds is 4. The summed E-state index contributed by atoms with van der Waals surface area (Å²) in [4.78, 5) is 22.4. The molecule has 1 aromatic carbocycles. The molecular formula is C12H13F3N2O3. The number of halogens is 3. The Hall–Kier alpha value is -2.09. The molecule has 0 fully saturated rings. The first-order valence-electron chi connectivity index (χ1n) is 5.62. The molecule has 0 aliphatic carbocycles. The number of benzene rings is 1. The zero-order valence-corrected chi connectivity index (χ0v) is 10.3. The lowest BCUT2D eigenvalue weighted by molar-refractivity contribution is -0.160.